The van der Waals surface area contributed by atoms with Gasteiger partial charge in [0, 0.05) is 42.8 Å². The van der Waals surface area contributed by atoms with Crippen molar-refractivity contribution in [3.8, 4) is 17.1 Å². The maximum Gasteiger partial charge on any atom is 0.137 e. The summed E-state index contributed by atoms with van der Waals surface area (Å²) in [6.45, 7) is 0. The molecule has 5 nitrogen and oxygen atoms in total. The van der Waals surface area contributed by atoms with Gasteiger partial charge in [-0.25, -0.2) is 4.98 Å². The van der Waals surface area contributed by atoms with Gasteiger partial charge in [-0.1, -0.05) is 0 Å². The minimum Gasteiger partial charge on any atom is -0.300 e. The van der Waals surface area contributed by atoms with E-state index in [2.05, 4.69) is 21.1 Å². The van der Waals surface area contributed by atoms with Crippen molar-refractivity contribution in [2.45, 2.75) is 0 Å². The molecule has 0 aliphatic carbocycles. The summed E-state index contributed by atoms with van der Waals surface area (Å²) in [6.07, 6.45) is 9.43. The molecule has 0 saturated carbocycles. The molecular formula is C16H13N5. The molecule has 0 aliphatic rings. The zero-order valence-electron chi connectivity index (χ0n) is 11.5. The Morgan fingerprint density at radius 2 is 1.90 bits per heavy atom. The van der Waals surface area contributed by atoms with Crippen LogP contribution in [0.25, 0.3) is 28.0 Å². The molecule has 0 radical (unpaired) electrons. The van der Waals surface area contributed by atoms with Crippen LogP contribution in [0, 0.1) is 0 Å². The van der Waals surface area contributed by atoms with Crippen LogP contribution in [0.5, 0.6) is 0 Å². The summed E-state index contributed by atoms with van der Waals surface area (Å²) in [4.78, 5) is 8.72. The number of hydrogen-bond acceptors (Lipinski definition) is 3. The smallest absolute Gasteiger partial charge is 0.137 e. The highest BCUT2D eigenvalue weighted by molar-refractivity contribution is 5.80. The number of aromatic nitrogens is 5. The van der Waals surface area contributed by atoms with Gasteiger partial charge in [-0.3, -0.25) is 14.2 Å². The van der Waals surface area contributed by atoms with Gasteiger partial charge in [0.2, 0.25) is 0 Å². The largest absolute Gasteiger partial charge is 0.300 e. The van der Waals surface area contributed by atoms with Crippen LogP contribution >= 0.6 is 0 Å². The van der Waals surface area contributed by atoms with Crippen molar-refractivity contribution in [2.24, 2.45) is 7.05 Å². The molecule has 0 saturated heterocycles. The van der Waals surface area contributed by atoms with Crippen molar-refractivity contribution in [2.75, 3.05) is 0 Å². The number of fused-ring (bicyclic) bond motifs is 1. The normalized spacial score (nSPS) is 11.1. The summed E-state index contributed by atoms with van der Waals surface area (Å²) in [7, 11) is 1.91. The average Bonchev–Trinajstić information content (AvgIpc) is 3.14. The van der Waals surface area contributed by atoms with Gasteiger partial charge in [-0.15, -0.1) is 0 Å². The Bertz CT molecular complexity index is 902. The monoisotopic (exact) mass is 275 g/mol. The number of aryl methyl sites for hydroxylation is 1. The molecule has 4 heterocycles. The zero-order valence-corrected chi connectivity index (χ0v) is 11.5. The van der Waals surface area contributed by atoms with E-state index in [1.165, 1.54) is 0 Å². The van der Waals surface area contributed by atoms with Gasteiger partial charge in [0.15, 0.2) is 0 Å². The van der Waals surface area contributed by atoms with Crippen molar-refractivity contribution in [3.63, 3.8) is 0 Å². The van der Waals surface area contributed by atoms with Gasteiger partial charge in [-0.2, -0.15) is 5.10 Å². The molecule has 0 fully saturated rings. The van der Waals surface area contributed by atoms with Crippen molar-refractivity contribution in [1.29, 1.82) is 0 Å². The van der Waals surface area contributed by atoms with E-state index in [-0.39, 0.29) is 0 Å². The van der Waals surface area contributed by atoms with E-state index in [0.717, 1.165) is 28.0 Å². The average molecular weight is 275 g/mol. The first kappa shape index (κ1) is 11.8. The summed E-state index contributed by atoms with van der Waals surface area (Å²) >= 11 is 0. The lowest BCUT2D eigenvalue weighted by Crippen LogP contribution is -1.96. The lowest BCUT2D eigenvalue weighted by Gasteiger charge is -2.04. The summed E-state index contributed by atoms with van der Waals surface area (Å²) in [5.74, 6) is 0.873. The van der Waals surface area contributed by atoms with E-state index in [1.807, 2.05) is 60.7 Å². The predicted octanol–water partition coefficient (Wildman–Crippen LogP) is 2.82. The SMILES string of the molecule is Cn1ccc(-c2ccc(-n3ccc4ccncc43)nc2)n1. The Morgan fingerprint density at radius 3 is 2.67 bits per heavy atom. The lowest BCUT2D eigenvalue weighted by atomic mass is 10.2. The van der Waals surface area contributed by atoms with Crippen LogP contribution in [0.15, 0.2) is 61.3 Å². The fourth-order valence-corrected chi connectivity index (χ4v) is 2.42. The molecule has 0 spiro atoms. The van der Waals surface area contributed by atoms with E-state index in [1.54, 1.807) is 10.9 Å². The minimum atomic E-state index is 0.873. The van der Waals surface area contributed by atoms with Gasteiger partial charge in [-0.05, 0) is 30.3 Å². The van der Waals surface area contributed by atoms with Gasteiger partial charge < -0.3 is 0 Å². The molecule has 0 unspecified atom stereocenters. The lowest BCUT2D eigenvalue weighted by molar-refractivity contribution is 0.771. The molecule has 0 N–H and O–H groups in total. The number of rotatable bonds is 2. The summed E-state index contributed by atoms with van der Waals surface area (Å²) in [5.41, 5.74) is 2.99. The Morgan fingerprint density at radius 1 is 0.952 bits per heavy atom. The topological polar surface area (TPSA) is 48.5 Å². The van der Waals surface area contributed by atoms with Crippen LogP contribution < -0.4 is 0 Å². The molecule has 0 aromatic carbocycles. The standard InChI is InChI=1S/C16H13N5/c1-20-8-6-14(19-20)13-2-3-16(18-10-13)21-9-5-12-4-7-17-11-15(12)21/h2-11H,1H3. The number of hydrogen-bond donors (Lipinski definition) is 0. The molecule has 4 aromatic rings. The Labute approximate surface area is 121 Å². The highest BCUT2D eigenvalue weighted by Gasteiger charge is 2.06. The second-order valence-electron chi connectivity index (χ2n) is 4.90. The van der Waals surface area contributed by atoms with Crippen molar-refractivity contribution >= 4 is 10.9 Å². The molecule has 4 rings (SSSR count). The van der Waals surface area contributed by atoms with Crippen LogP contribution in [-0.2, 0) is 7.05 Å². The Balaban J connectivity index is 1.76. The van der Waals surface area contributed by atoms with E-state index in [4.69, 9.17) is 0 Å². The summed E-state index contributed by atoms with van der Waals surface area (Å²) in [6, 6.07) is 10.1. The van der Waals surface area contributed by atoms with Gasteiger partial charge in [0.1, 0.15) is 5.82 Å². The Hall–Kier alpha value is -2.95. The molecule has 5 heteroatoms. The van der Waals surface area contributed by atoms with Gasteiger partial charge in [0.25, 0.3) is 0 Å². The van der Waals surface area contributed by atoms with E-state index in [9.17, 15) is 0 Å². The molecule has 0 aliphatic heterocycles. The first-order chi connectivity index (χ1) is 10.3. The molecule has 102 valence electrons. The van der Waals surface area contributed by atoms with E-state index >= 15 is 0 Å². The molecular weight excluding hydrogens is 262 g/mol. The summed E-state index contributed by atoms with van der Waals surface area (Å²) < 4.78 is 3.82. The fraction of sp³-hybridized carbons (Fsp3) is 0.0625. The number of pyridine rings is 2. The highest BCUT2D eigenvalue weighted by Crippen LogP contribution is 2.20. The second-order valence-corrected chi connectivity index (χ2v) is 4.90. The third kappa shape index (κ3) is 1.99. The summed E-state index contributed by atoms with van der Waals surface area (Å²) in [5, 5.41) is 5.54. The molecule has 0 bridgehead atoms. The molecule has 21 heavy (non-hydrogen) atoms. The third-order valence-electron chi connectivity index (χ3n) is 3.50. The minimum absolute atomic E-state index is 0.873. The van der Waals surface area contributed by atoms with Crippen molar-refractivity contribution in [1.82, 2.24) is 24.3 Å². The number of nitrogens with zero attached hydrogens (tertiary/aromatic N) is 5. The highest BCUT2D eigenvalue weighted by atomic mass is 15.2. The van der Waals surface area contributed by atoms with Crippen molar-refractivity contribution < 1.29 is 0 Å². The first-order valence-electron chi connectivity index (χ1n) is 6.69. The zero-order chi connectivity index (χ0) is 14.2. The van der Waals surface area contributed by atoms with Gasteiger partial charge >= 0.3 is 0 Å². The Kier molecular flexibility index (Phi) is 2.57. The van der Waals surface area contributed by atoms with Crippen LogP contribution in [0.1, 0.15) is 0 Å². The second kappa shape index (κ2) is 4.56. The van der Waals surface area contributed by atoms with E-state index in [0.29, 0.717) is 0 Å². The maximum absolute atomic E-state index is 4.54. The van der Waals surface area contributed by atoms with Crippen LogP contribution in [0.3, 0.4) is 0 Å². The first-order valence-corrected chi connectivity index (χ1v) is 6.69. The molecule has 4 aromatic heterocycles. The molecule has 0 amide bonds. The predicted molar refractivity (Wildman–Crippen MR) is 81.1 cm³/mol. The third-order valence-corrected chi connectivity index (χ3v) is 3.50. The van der Waals surface area contributed by atoms with Crippen LogP contribution in [0.4, 0.5) is 0 Å². The fourth-order valence-electron chi connectivity index (χ4n) is 2.42. The maximum atomic E-state index is 4.54. The van der Waals surface area contributed by atoms with Crippen LogP contribution in [-0.4, -0.2) is 24.3 Å². The van der Waals surface area contributed by atoms with E-state index < -0.39 is 0 Å². The molecule has 0 atom stereocenters. The van der Waals surface area contributed by atoms with Crippen molar-refractivity contribution in [3.05, 3.63) is 61.3 Å². The quantitative estimate of drug-likeness (QED) is 0.565. The van der Waals surface area contributed by atoms with Gasteiger partial charge in [0.05, 0.1) is 17.4 Å². The van der Waals surface area contributed by atoms with Crippen LogP contribution in [0.2, 0.25) is 0 Å².